The largest absolute Gasteiger partial charge is 0.511 e. The quantitative estimate of drug-likeness (QED) is 0.448. The maximum Gasteiger partial charge on any atom is 0.225 e. The highest BCUT2D eigenvalue weighted by Gasteiger charge is 2.19. The van der Waals surface area contributed by atoms with Gasteiger partial charge in [0.15, 0.2) is 0 Å². The molecule has 0 saturated carbocycles. The van der Waals surface area contributed by atoms with E-state index in [9.17, 15) is 9.90 Å². The van der Waals surface area contributed by atoms with Crippen LogP contribution in [0.15, 0.2) is 72.5 Å². The Morgan fingerprint density at radius 1 is 1.04 bits per heavy atom. The molecule has 1 amide bonds. The van der Waals surface area contributed by atoms with E-state index in [0.717, 1.165) is 11.1 Å². The first-order valence-corrected chi connectivity index (χ1v) is 8.72. The van der Waals surface area contributed by atoms with Crippen LogP contribution in [0.3, 0.4) is 0 Å². The van der Waals surface area contributed by atoms with Crippen molar-refractivity contribution in [3.8, 4) is 0 Å². The molecule has 0 bridgehead atoms. The van der Waals surface area contributed by atoms with Crippen molar-refractivity contribution in [1.29, 1.82) is 0 Å². The van der Waals surface area contributed by atoms with Crippen LogP contribution in [0.5, 0.6) is 0 Å². The van der Waals surface area contributed by atoms with Crippen molar-refractivity contribution >= 4 is 23.1 Å². The maximum atomic E-state index is 11.8. The highest BCUT2D eigenvalue weighted by Crippen LogP contribution is 2.30. The SMILES string of the molecule is CC(C)CC(=O)NC(=S)C=C(O)C(c1ccccc1)c1ccccc1. The molecular formula is C21H23NO2S. The number of nitrogens with one attached hydrogen (secondary N) is 1. The minimum Gasteiger partial charge on any atom is -0.511 e. The van der Waals surface area contributed by atoms with Crippen molar-refractivity contribution in [3.63, 3.8) is 0 Å². The number of rotatable bonds is 6. The minimum atomic E-state index is -0.331. The zero-order valence-corrected chi connectivity index (χ0v) is 15.3. The highest BCUT2D eigenvalue weighted by atomic mass is 32.1. The average molecular weight is 353 g/mol. The summed E-state index contributed by atoms with van der Waals surface area (Å²) in [5, 5.41) is 13.4. The second-order valence-corrected chi connectivity index (χ2v) is 6.77. The molecule has 2 aromatic carbocycles. The molecule has 0 atom stereocenters. The predicted molar refractivity (Wildman–Crippen MR) is 106 cm³/mol. The van der Waals surface area contributed by atoms with Gasteiger partial charge in [-0.2, -0.15) is 0 Å². The number of benzene rings is 2. The molecule has 2 N–H and O–H groups in total. The van der Waals surface area contributed by atoms with Crippen molar-refractivity contribution in [2.45, 2.75) is 26.2 Å². The number of aliphatic hydroxyl groups is 1. The van der Waals surface area contributed by atoms with E-state index < -0.39 is 0 Å². The van der Waals surface area contributed by atoms with Crippen LogP contribution in [-0.4, -0.2) is 16.0 Å². The van der Waals surface area contributed by atoms with E-state index in [2.05, 4.69) is 5.32 Å². The van der Waals surface area contributed by atoms with Gasteiger partial charge in [-0.15, -0.1) is 0 Å². The van der Waals surface area contributed by atoms with E-state index in [0.29, 0.717) is 6.42 Å². The number of amides is 1. The molecule has 0 aliphatic carbocycles. The first-order valence-electron chi connectivity index (χ1n) is 8.31. The third-order valence-corrected chi connectivity index (χ3v) is 3.92. The van der Waals surface area contributed by atoms with Crippen LogP contribution in [0.25, 0.3) is 0 Å². The van der Waals surface area contributed by atoms with Gasteiger partial charge in [-0.1, -0.05) is 86.7 Å². The Bertz CT molecular complexity index is 700. The molecule has 0 spiro atoms. The summed E-state index contributed by atoms with van der Waals surface area (Å²) >= 11 is 5.21. The number of allylic oxidation sites excluding steroid dienone is 1. The van der Waals surface area contributed by atoms with Gasteiger partial charge < -0.3 is 10.4 Å². The number of hydrogen-bond donors (Lipinski definition) is 2. The van der Waals surface area contributed by atoms with Gasteiger partial charge in [-0.3, -0.25) is 4.79 Å². The molecule has 0 aliphatic rings. The van der Waals surface area contributed by atoms with Crippen LogP contribution in [0.1, 0.15) is 37.3 Å². The first-order chi connectivity index (χ1) is 12.0. The summed E-state index contributed by atoms with van der Waals surface area (Å²) in [5.41, 5.74) is 1.91. The molecule has 0 heterocycles. The molecular weight excluding hydrogens is 330 g/mol. The van der Waals surface area contributed by atoms with Crippen molar-refractivity contribution in [1.82, 2.24) is 5.32 Å². The molecule has 0 fully saturated rings. The fraction of sp³-hybridized carbons (Fsp3) is 0.238. The van der Waals surface area contributed by atoms with E-state index in [1.54, 1.807) is 0 Å². The Labute approximate surface area is 154 Å². The topological polar surface area (TPSA) is 49.3 Å². The standard InChI is InChI=1S/C21H23NO2S/c1-15(2)13-19(24)22-20(25)14-18(23)21(16-9-5-3-6-10-16)17-11-7-4-8-12-17/h3-12,14-15,21,23H,13H2,1-2H3,(H,22,24,25). The summed E-state index contributed by atoms with van der Waals surface area (Å²) in [6, 6.07) is 19.4. The van der Waals surface area contributed by atoms with E-state index in [-0.39, 0.29) is 28.5 Å². The Kier molecular flexibility index (Phi) is 6.90. The molecule has 4 heteroatoms. The lowest BCUT2D eigenvalue weighted by Crippen LogP contribution is -2.29. The Morgan fingerprint density at radius 3 is 1.96 bits per heavy atom. The van der Waals surface area contributed by atoms with Crippen LogP contribution in [0.4, 0.5) is 0 Å². The number of aliphatic hydroxyl groups excluding tert-OH is 1. The van der Waals surface area contributed by atoms with Crippen LogP contribution in [0, 0.1) is 5.92 Å². The number of thiocarbonyl (C=S) groups is 1. The summed E-state index contributed by atoms with van der Waals surface area (Å²) in [6.07, 6.45) is 1.85. The Hall–Kier alpha value is -2.46. The maximum absolute atomic E-state index is 11.8. The van der Waals surface area contributed by atoms with E-state index in [1.807, 2.05) is 74.5 Å². The van der Waals surface area contributed by atoms with Gasteiger partial charge in [0, 0.05) is 12.5 Å². The van der Waals surface area contributed by atoms with E-state index >= 15 is 0 Å². The van der Waals surface area contributed by atoms with E-state index in [4.69, 9.17) is 12.2 Å². The number of hydrogen-bond acceptors (Lipinski definition) is 3. The molecule has 0 aliphatic heterocycles. The van der Waals surface area contributed by atoms with Gasteiger partial charge in [-0.25, -0.2) is 0 Å². The number of carbonyl (C=O) groups is 1. The lowest BCUT2D eigenvalue weighted by Gasteiger charge is -2.18. The summed E-state index contributed by atoms with van der Waals surface area (Å²) < 4.78 is 0. The molecule has 130 valence electrons. The fourth-order valence-electron chi connectivity index (χ4n) is 2.64. The number of carbonyl (C=O) groups excluding carboxylic acids is 1. The van der Waals surface area contributed by atoms with Crippen molar-refractivity contribution in [2.24, 2.45) is 5.92 Å². The van der Waals surface area contributed by atoms with Crippen LogP contribution >= 0.6 is 12.2 Å². The van der Waals surface area contributed by atoms with Crippen molar-refractivity contribution in [2.75, 3.05) is 0 Å². The summed E-state index contributed by atoms with van der Waals surface area (Å²) in [6.45, 7) is 3.94. The molecule has 0 aromatic heterocycles. The average Bonchev–Trinajstić information content (AvgIpc) is 2.56. The fourth-order valence-corrected chi connectivity index (χ4v) is 2.87. The van der Waals surface area contributed by atoms with Gasteiger partial charge in [-0.05, 0) is 17.0 Å². The zero-order chi connectivity index (χ0) is 18.2. The van der Waals surface area contributed by atoms with Crippen LogP contribution in [-0.2, 0) is 4.79 Å². The molecule has 0 radical (unpaired) electrons. The lowest BCUT2D eigenvalue weighted by molar-refractivity contribution is -0.120. The highest BCUT2D eigenvalue weighted by molar-refractivity contribution is 7.80. The molecule has 0 unspecified atom stereocenters. The van der Waals surface area contributed by atoms with E-state index in [1.165, 1.54) is 6.08 Å². The normalized spacial score (nSPS) is 11.6. The molecule has 2 rings (SSSR count). The molecule has 0 saturated heterocycles. The van der Waals surface area contributed by atoms with Crippen molar-refractivity contribution in [3.05, 3.63) is 83.6 Å². The minimum absolute atomic E-state index is 0.104. The van der Waals surface area contributed by atoms with Crippen LogP contribution in [0.2, 0.25) is 0 Å². The smallest absolute Gasteiger partial charge is 0.225 e. The second kappa shape index (κ2) is 9.14. The monoisotopic (exact) mass is 353 g/mol. The van der Waals surface area contributed by atoms with Gasteiger partial charge in [0.05, 0.1) is 5.92 Å². The molecule has 25 heavy (non-hydrogen) atoms. The summed E-state index contributed by atoms with van der Waals surface area (Å²) in [5.74, 6) is -0.114. The van der Waals surface area contributed by atoms with Gasteiger partial charge in [0.25, 0.3) is 0 Å². The summed E-state index contributed by atoms with van der Waals surface area (Å²) in [4.78, 5) is 12.1. The van der Waals surface area contributed by atoms with Gasteiger partial charge in [0.2, 0.25) is 5.91 Å². The lowest BCUT2D eigenvalue weighted by atomic mass is 9.89. The Morgan fingerprint density at radius 2 is 1.52 bits per heavy atom. The zero-order valence-electron chi connectivity index (χ0n) is 14.5. The first kappa shape index (κ1) is 18.9. The molecule has 2 aromatic rings. The van der Waals surface area contributed by atoms with Crippen LogP contribution < -0.4 is 5.32 Å². The summed E-state index contributed by atoms with van der Waals surface area (Å²) in [7, 11) is 0. The van der Waals surface area contributed by atoms with Crippen molar-refractivity contribution < 1.29 is 9.90 Å². The second-order valence-electron chi connectivity index (χ2n) is 6.33. The third kappa shape index (κ3) is 5.84. The van der Waals surface area contributed by atoms with Gasteiger partial charge in [0.1, 0.15) is 10.7 Å². The third-order valence-electron chi connectivity index (χ3n) is 3.70. The Balaban J connectivity index is 2.25. The van der Waals surface area contributed by atoms with Gasteiger partial charge >= 0.3 is 0 Å². The molecule has 3 nitrogen and oxygen atoms in total. The predicted octanol–water partition coefficient (Wildman–Crippen LogP) is 4.75.